The number of carboxylic acids is 1. The van der Waals surface area contributed by atoms with Crippen LogP contribution in [0.2, 0.25) is 0 Å². The fraction of sp³-hybridized carbons (Fsp3) is 0.789. The van der Waals surface area contributed by atoms with Crippen LogP contribution in [0.4, 0.5) is 0 Å². The molecule has 3 amide bonds. The number of amides is 3. The van der Waals surface area contributed by atoms with E-state index in [0.717, 1.165) is 0 Å². The van der Waals surface area contributed by atoms with Gasteiger partial charge in [0, 0.05) is 5.75 Å². The first-order chi connectivity index (χ1) is 13.3. The molecule has 0 aromatic carbocycles. The summed E-state index contributed by atoms with van der Waals surface area (Å²) in [6, 6.07) is -3.75. The van der Waals surface area contributed by atoms with Crippen molar-refractivity contribution in [3.63, 3.8) is 0 Å². The van der Waals surface area contributed by atoms with Crippen LogP contribution < -0.4 is 21.7 Å². The van der Waals surface area contributed by atoms with Crippen molar-refractivity contribution in [3.05, 3.63) is 0 Å². The van der Waals surface area contributed by atoms with Crippen molar-refractivity contribution < 1.29 is 24.3 Å². The zero-order chi connectivity index (χ0) is 22.9. The molecular formula is C19H36N4O5S. The smallest absolute Gasteiger partial charge is 0.327 e. The fourth-order valence-corrected chi connectivity index (χ4v) is 2.76. The van der Waals surface area contributed by atoms with Gasteiger partial charge in [-0.15, -0.1) is 0 Å². The molecule has 0 aliphatic rings. The highest BCUT2D eigenvalue weighted by atomic mass is 32.1. The van der Waals surface area contributed by atoms with Gasteiger partial charge in [0.25, 0.3) is 0 Å². The van der Waals surface area contributed by atoms with Crippen LogP contribution >= 0.6 is 12.6 Å². The SMILES string of the molecule is CC(C)CC(NC(=O)C(N)C(C)C)C(=O)NC(C(=O)NC(CS)C(=O)O)C(C)C. The van der Waals surface area contributed by atoms with Crippen LogP contribution in [0.5, 0.6) is 0 Å². The number of carbonyl (C=O) groups is 4. The summed E-state index contributed by atoms with van der Waals surface area (Å²) in [5.74, 6) is -3.17. The summed E-state index contributed by atoms with van der Waals surface area (Å²) in [6.07, 6.45) is 0.364. The average Bonchev–Trinajstić information content (AvgIpc) is 2.61. The quantitative estimate of drug-likeness (QED) is 0.241. The third-order valence-electron chi connectivity index (χ3n) is 4.41. The lowest BCUT2D eigenvalue weighted by Gasteiger charge is -2.28. The minimum atomic E-state index is -1.21. The van der Waals surface area contributed by atoms with Crippen molar-refractivity contribution in [3.8, 4) is 0 Å². The highest BCUT2D eigenvalue weighted by Gasteiger charge is 2.32. The number of hydrogen-bond donors (Lipinski definition) is 6. The number of nitrogens with two attached hydrogens (primary N) is 1. The molecule has 29 heavy (non-hydrogen) atoms. The molecule has 0 fully saturated rings. The van der Waals surface area contributed by atoms with Gasteiger partial charge in [-0.05, 0) is 24.2 Å². The largest absolute Gasteiger partial charge is 0.480 e. The normalized spacial score (nSPS) is 15.6. The van der Waals surface area contributed by atoms with Crippen LogP contribution in [-0.2, 0) is 19.2 Å². The summed E-state index contributed by atoms with van der Waals surface area (Å²) in [4.78, 5) is 48.8. The Morgan fingerprint density at radius 1 is 0.828 bits per heavy atom. The fourth-order valence-electron chi connectivity index (χ4n) is 2.51. The summed E-state index contributed by atoms with van der Waals surface area (Å²) >= 11 is 3.92. The van der Waals surface area contributed by atoms with Gasteiger partial charge in [0.2, 0.25) is 17.7 Å². The summed E-state index contributed by atoms with van der Waals surface area (Å²) in [6.45, 7) is 10.9. The van der Waals surface area contributed by atoms with Gasteiger partial charge in [-0.1, -0.05) is 41.5 Å². The molecule has 0 aliphatic carbocycles. The number of rotatable bonds is 12. The Kier molecular flexibility index (Phi) is 11.9. The predicted molar refractivity (Wildman–Crippen MR) is 114 cm³/mol. The van der Waals surface area contributed by atoms with Crippen molar-refractivity contribution in [1.82, 2.24) is 16.0 Å². The van der Waals surface area contributed by atoms with Gasteiger partial charge < -0.3 is 26.8 Å². The Labute approximate surface area is 178 Å². The molecule has 4 unspecified atom stereocenters. The van der Waals surface area contributed by atoms with Crippen LogP contribution in [-0.4, -0.2) is 58.7 Å². The lowest BCUT2D eigenvalue weighted by molar-refractivity contribution is -0.142. The van der Waals surface area contributed by atoms with E-state index in [-0.39, 0.29) is 23.5 Å². The zero-order valence-corrected chi connectivity index (χ0v) is 19.0. The molecule has 4 atom stereocenters. The van der Waals surface area contributed by atoms with E-state index in [1.807, 2.05) is 13.8 Å². The van der Waals surface area contributed by atoms with Crippen molar-refractivity contribution in [2.24, 2.45) is 23.5 Å². The van der Waals surface area contributed by atoms with Crippen molar-refractivity contribution in [2.45, 2.75) is 72.1 Å². The van der Waals surface area contributed by atoms with Crippen LogP contribution in [0.3, 0.4) is 0 Å². The molecule has 0 heterocycles. The molecule has 0 saturated heterocycles. The van der Waals surface area contributed by atoms with Crippen molar-refractivity contribution in [2.75, 3.05) is 5.75 Å². The number of aliphatic carboxylic acids is 1. The Morgan fingerprint density at radius 2 is 1.34 bits per heavy atom. The van der Waals surface area contributed by atoms with E-state index >= 15 is 0 Å². The van der Waals surface area contributed by atoms with Crippen LogP contribution in [0.1, 0.15) is 48.0 Å². The molecule has 0 bridgehead atoms. The Balaban J connectivity index is 5.35. The summed E-state index contributed by atoms with van der Waals surface area (Å²) in [7, 11) is 0. The number of carbonyl (C=O) groups excluding carboxylic acids is 3. The molecule has 0 spiro atoms. The second-order valence-electron chi connectivity index (χ2n) is 8.27. The van der Waals surface area contributed by atoms with E-state index < -0.39 is 47.9 Å². The molecule has 0 aromatic heterocycles. The van der Waals surface area contributed by atoms with Gasteiger partial charge in [-0.25, -0.2) is 4.79 Å². The van der Waals surface area contributed by atoms with Gasteiger partial charge in [-0.2, -0.15) is 12.6 Å². The second kappa shape index (κ2) is 12.7. The monoisotopic (exact) mass is 432 g/mol. The summed E-state index contributed by atoms with van der Waals surface area (Å²) in [5.41, 5.74) is 5.86. The highest BCUT2D eigenvalue weighted by Crippen LogP contribution is 2.09. The average molecular weight is 433 g/mol. The third-order valence-corrected chi connectivity index (χ3v) is 4.77. The highest BCUT2D eigenvalue weighted by molar-refractivity contribution is 7.80. The van der Waals surface area contributed by atoms with E-state index in [1.165, 1.54) is 0 Å². The Hall–Kier alpha value is -1.81. The third kappa shape index (κ3) is 9.49. The lowest BCUT2D eigenvalue weighted by atomic mass is 9.98. The molecular weight excluding hydrogens is 396 g/mol. The Morgan fingerprint density at radius 3 is 1.72 bits per heavy atom. The number of nitrogens with one attached hydrogen (secondary N) is 3. The molecule has 0 aliphatic heterocycles. The number of carboxylic acid groups (broad SMARTS) is 1. The second-order valence-corrected chi connectivity index (χ2v) is 8.64. The van der Waals surface area contributed by atoms with E-state index in [4.69, 9.17) is 10.8 Å². The first kappa shape index (κ1) is 27.2. The maximum Gasteiger partial charge on any atom is 0.327 e. The van der Waals surface area contributed by atoms with Gasteiger partial charge in [0.15, 0.2) is 0 Å². The van der Waals surface area contributed by atoms with Crippen LogP contribution in [0, 0.1) is 17.8 Å². The molecule has 0 aromatic rings. The van der Waals surface area contributed by atoms with E-state index in [0.29, 0.717) is 6.42 Å². The van der Waals surface area contributed by atoms with Crippen LogP contribution in [0.25, 0.3) is 0 Å². The zero-order valence-electron chi connectivity index (χ0n) is 18.1. The van der Waals surface area contributed by atoms with Crippen LogP contribution in [0.15, 0.2) is 0 Å². The van der Waals surface area contributed by atoms with Gasteiger partial charge in [0.05, 0.1) is 6.04 Å². The number of hydrogen-bond acceptors (Lipinski definition) is 6. The standard InChI is InChI=1S/C19H36N4O5S/c1-9(2)7-12(21-17(25)14(20)10(3)4)16(24)23-15(11(5)6)18(26)22-13(8-29)19(27)28/h9-15,29H,7-8,20H2,1-6H3,(H,21,25)(H,22,26)(H,23,24)(H,27,28). The minimum Gasteiger partial charge on any atom is -0.480 e. The number of thiol groups is 1. The summed E-state index contributed by atoms with van der Waals surface area (Å²) in [5, 5.41) is 16.8. The molecule has 9 nitrogen and oxygen atoms in total. The molecule has 168 valence electrons. The van der Waals surface area contributed by atoms with E-state index in [9.17, 15) is 19.2 Å². The van der Waals surface area contributed by atoms with Crippen molar-refractivity contribution >= 4 is 36.3 Å². The molecule has 10 heteroatoms. The topological polar surface area (TPSA) is 151 Å². The molecule has 0 rings (SSSR count). The maximum atomic E-state index is 12.8. The van der Waals surface area contributed by atoms with E-state index in [2.05, 4.69) is 28.6 Å². The molecule has 6 N–H and O–H groups in total. The minimum absolute atomic E-state index is 0.0844. The van der Waals surface area contributed by atoms with E-state index in [1.54, 1.807) is 27.7 Å². The van der Waals surface area contributed by atoms with Gasteiger partial charge >= 0.3 is 5.97 Å². The first-order valence-electron chi connectivity index (χ1n) is 9.82. The van der Waals surface area contributed by atoms with Gasteiger partial charge in [0.1, 0.15) is 18.1 Å². The van der Waals surface area contributed by atoms with Crippen molar-refractivity contribution in [1.29, 1.82) is 0 Å². The first-order valence-corrected chi connectivity index (χ1v) is 10.4. The Bertz CT molecular complexity index is 583. The molecule has 0 radical (unpaired) electrons. The van der Waals surface area contributed by atoms with Gasteiger partial charge in [-0.3, -0.25) is 14.4 Å². The lowest BCUT2D eigenvalue weighted by Crippen LogP contribution is -2.59. The maximum absolute atomic E-state index is 12.8. The predicted octanol–water partition coefficient (Wildman–Crippen LogP) is 0.141. The summed E-state index contributed by atoms with van der Waals surface area (Å²) < 4.78 is 0. The molecule has 0 saturated carbocycles.